The van der Waals surface area contributed by atoms with Crippen molar-refractivity contribution in [2.45, 2.75) is 38.1 Å². The number of carbonyl (C=O) groups excluding carboxylic acids is 2. The summed E-state index contributed by atoms with van der Waals surface area (Å²) in [6, 6.07) is 17.4. The molecule has 2 aliphatic rings. The Labute approximate surface area is 191 Å². The van der Waals surface area contributed by atoms with Crippen LogP contribution in [0.5, 0.6) is 0 Å². The largest absolute Gasteiger partial charge is 0.371 e. The Kier molecular flexibility index (Phi) is 7.77. The summed E-state index contributed by atoms with van der Waals surface area (Å²) in [5, 5.41) is 6.27. The summed E-state index contributed by atoms with van der Waals surface area (Å²) < 4.78 is 0. The number of nitrogens with zero attached hydrogens (tertiary/aromatic N) is 2. The van der Waals surface area contributed by atoms with Crippen LogP contribution in [-0.4, -0.2) is 62.0 Å². The van der Waals surface area contributed by atoms with Crippen molar-refractivity contribution >= 4 is 17.5 Å². The van der Waals surface area contributed by atoms with Gasteiger partial charge in [-0.3, -0.25) is 9.59 Å². The Balaban J connectivity index is 1.29. The van der Waals surface area contributed by atoms with Crippen LogP contribution in [0.15, 0.2) is 54.6 Å². The molecule has 6 nitrogen and oxygen atoms in total. The highest BCUT2D eigenvalue weighted by molar-refractivity contribution is 5.99. The average molecular weight is 435 g/mol. The zero-order chi connectivity index (χ0) is 22.2. The summed E-state index contributed by atoms with van der Waals surface area (Å²) in [6.45, 7) is 5.52. The van der Waals surface area contributed by atoms with Gasteiger partial charge in [-0.15, -0.1) is 0 Å². The smallest absolute Gasteiger partial charge is 0.253 e. The molecule has 170 valence electrons. The quantitative estimate of drug-likeness (QED) is 0.702. The molecule has 0 aliphatic carbocycles. The van der Waals surface area contributed by atoms with E-state index in [1.54, 1.807) is 0 Å². The number of piperidine rings is 2. The molecule has 32 heavy (non-hydrogen) atoms. The van der Waals surface area contributed by atoms with Gasteiger partial charge in [0.2, 0.25) is 0 Å². The maximum Gasteiger partial charge on any atom is 0.253 e. The van der Waals surface area contributed by atoms with E-state index in [4.69, 9.17) is 0 Å². The molecule has 0 bridgehead atoms. The zero-order valence-electron chi connectivity index (χ0n) is 18.8. The zero-order valence-corrected chi connectivity index (χ0v) is 18.8. The van der Waals surface area contributed by atoms with Crippen molar-refractivity contribution in [1.82, 2.24) is 15.5 Å². The molecule has 2 N–H and O–H groups in total. The number of nitrogens with one attached hydrogen (secondary N) is 2. The Hall–Kier alpha value is -2.86. The Morgan fingerprint density at radius 1 is 0.812 bits per heavy atom. The molecule has 2 fully saturated rings. The van der Waals surface area contributed by atoms with Crippen LogP contribution >= 0.6 is 0 Å². The third-order valence-electron chi connectivity index (χ3n) is 6.52. The topological polar surface area (TPSA) is 64.7 Å². The third kappa shape index (κ3) is 5.88. The molecule has 2 amide bonds. The number of rotatable bonds is 7. The fourth-order valence-corrected chi connectivity index (χ4v) is 4.67. The molecule has 0 unspecified atom stereocenters. The highest BCUT2D eigenvalue weighted by atomic mass is 16.2. The van der Waals surface area contributed by atoms with Crippen molar-refractivity contribution in [3.8, 4) is 0 Å². The maximum atomic E-state index is 12.9. The molecule has 4 rings (SSSR count). The molecule has 0 atom stereocenters. The predicted molar refractivity (Wildman–Crippen MR) is 128 cm³/mol. The Morgan fingerprint density at radius 3 is 2.25 bits per heavy atom. The fraction of sp³-hybridized carbons (Fsp3) is 0.462. The first-order chi connectivity index (χ1) is 15.7. The first-order valence-corrected chi connectivity index (χ1v) is 11.9. The summed E-state index contributed by atoms with van der Waals surface area (Å²) in [5.74, 6) is -0.0188. The van der Waals surface area contributed by atoms with Crippen molar-refractivity contribution in [3.63, 3.8) is 0 Å². The number of para-hydroxylation sites is 1. The molecular weight excluding hydrogens is 400 g/mol. The van der Waals surface area contributed by atoms with E-state index in [0.717, 1.165) is 56.8 Å². The molecule has 6 heteroatoms. The molecule has 2 heterocycles. The molecule has 0 saturated carbocycles. The summed E-state index contributed by atoms with van der Waals surface area (Å²) in [5.41, 5.74) is 2.41. The number of carbonyl (C=O) groups is 2. The van der Waals surface area contributed by atoms with Crippen LogP contribution in [0.3, 0.4) is 0 Å². The lowest BCUT2D eigenvalue weighted by Gasteiger charge is -2.35. The van der Waals surface area contributed by atoms with Gasteiger partial charge in [-0.2, -0.15) is 0 Å². The summed E-state index contributed by atoms with van der Waals surface area (Å²) in [4.78, 5) is 30.0. The first-order valence-electron chi connectivity index (χ1n) is 11.9. The lowest BCUT2D eigenvalue weighted by atomic mass is 10.0. The van der Waals surface area contributed by atoms with Gasteiger partial charge in [0.05, 0.1) is 5.56 Å². The molecule has 2 aromatic carbocycles. The van der Waals surface area contributed by atoms with Gasteiger partial charge in [0.1, 0.15) is 0 Å². The minimum absolute atomic E-state index is 0.00267. The second kappa shape index (κ2) is 11.1. The summed E-state index contributed by atoms with van der Waals surface area (Å²) >= 11 is 0. The van der Waals surface area contributed by atoms with Gasteiger partial charge in [-0.1, -0.05) is 36.8 Å². The van der Waals surface area contributed by atoms with Crippen LogP contribution in [0.2, 0.25) is 0 Å². The number of hydrogen-bond donors (Lipinski definition) is 2. The Bertz CT molecular complexity index is 888. The number of anilines is 1. The average Bonchev–Trinajstić information content (AvgIpc) is 2.85. The summed E-state index contributed by atoms with van der Waals surface area (Å²) in [6.07, 6.45) is 5.58. The predicted octanol–water partition coefficient (Wildman–Crippen LogP) is 3.30. The van der Waals surface area contributed by atoms with Gasteiger partial charge in [-0.25, -0.2) is 0 Å². The molecule has 0 radical (unpaired) electrons. The van der Waals surface area contributed by atoms with Crippen molar-refractivity contribution in [1.29, 1.82) is 0 Å². The lowest BCUT2D eigenvalue weighted by Crippen LogP contribution is -2.45. The molecule has 2 saturated heterocycles. The monoisotopic (exact) mass is 434 g/mol. The van der Waals surface area contributed by atoms with E-state index in [-0.39, 0.29) is 17.9 Å². The number of amides is 2. The number of benzene rings is 2. The van der Waals surface area contributed by atoms with E-state index in [0.29, 0.717) is 12.1 Å². The van der Waals surface area contributed by atoms with Gasteiger partial charge in [0.25, 0.3) is 11.8 Å². The van der Waals surface area contributed by atoms with E-state index in [2.05, 4.69) is 20.4 Å². The normalized spacial score (nSPS) is 17.7. The van der Waals surface area contributed by atoms with Crippen LogP contribution in [0.4, 0.5) is 5.69 Å². The molecular formula is C26H34N4O2. The first kappa shape index (κ1) is 22.3. The second-order valence-electron chi connectivity index (χ2n) is 8.78. The highest BCUT2D eigenvalue weighted by Gasteiger charge is 2.24. The minimum atomic E-state index is -0.0162. The lowest BCUT2D eigenvalue weighted by molar-refractivity contribution is 0.0929. The van der Waals surface area contributed by atoms with E-state index in [1.165, 1.54) is 19.3 Å². The van der Waals surface area contributed by atoms with Gasteiger partial charge in [0, 0.05) is 43.5 Å². The summed E-state index contributed by atoms with van der Waals surface area (Å²) in [7, 11) is 0. The third-order valence-corrected chi connectivity index (χ3v) is 6.52. The van der Waals surface area contributed by atoms with Crippen molar-refractivity contribution in [2.75, 3.05) is 44.2 Å². The van der Waals surface area contributed by atoms with Crippen LogP contribution < -0.4 is 15.5 Å². The number of likely N-dealkylation sites (tertiary alicyclic amines) is 1. The van der Waals surface area contributed by atoms with E-state index >= 15 is 0 Å². The number of hydrogen-bond acceptors (Lipinski definition) is 4. The highest BCUT2D eigenvalue weighted by Crippen LogP contribution is 2.24. The fourth-order valence-electron chi connectivity index (χ4n) is 4.67. The standard InChI is InChI=1S/C26H34N4O2/c31-25(21-9-3-1-4-10-21)28-22-13-18-30(19-14-22)24-12-6-5-11-23(24)26(32)27-15-20-29-16-7-2-8-17-29/h1,3-6,9-12,22H,2,7-8,13-20H2,(H,27,32)(H,28,31). The van der Waals surface area contributed by atoms with E-state index < -0.39 is 0 Å². The van der Waals surface area contributed by atoms with Gasteiger partial charge in [0.15, 0.2) is 0 Å². The van der Waals surface area contributed by atoms with E-state index in [1.807, 2.05) is 54.6 Å². The molecule has 2 aromatic rings. The Morgan fingerprint density at radius 2 is 1.50 bits per heavy atom. The molecule has 0 spiro atoms. The van der Waals surface area contributed by atoms with Gasteiger partial charge >= 0.3 is 0 Å². The van der Waals surface area contributed by atoms with Gasteiger partial charge in [-0.05, 0) is 63.0 Å². The van der Waals surface area contributed by atoms with Crippen molar-refractivity contribution < 1.29 is 9.59 Å². The van der Waals surface area contributed by atoms with Crippen LogP contribution in [0, 0.1) is 0 Å². The van der Waals surface area contributed by atoms with Crippen molar-refractivity contribution in [2.24, 2.45) is 0 Å². The van der Waals surface area contributed by atoms with Crippen LogP contribution in [0.1, 0.15) is 52.8 Å². The minimum Gasteiger partial charge on any atom is -0.371 e. The van der Waals surface area contributed by atoms with Crippen LogP contribution in [0.25, 0.3) is 0 Å². The maximum absolute atomic E-state index is 12.9. The molecule has 2 aliphatic heterocycles. The van der Waals surface area contributed by atoms with E-state index in [9.17, 15) is 9.59 Å². The van der Waals surface area contributed by atoms with Crippen LogP contribution in [-0.2, 0) is 0 Å². The second-order valence-corrected chi connectivity index (χ2v) is 8.78. The van der Waals surface area contributed by atoms with Gasteiger partial charge < -0.3 is 20.4 Å². The molecule has 0 aromatic heterocycles. The van der Waals surface area contributed by atoms with Crippen molar-refractivity contribution in [3.05, 3.63) is 65.7 Å². The SMILES string of the molecule is O=C(NC1CCN(c2ccccc2C(=O)NCCN2CCCCC2)CC1)c1ccccc1.